The molecule has 0 saturated carbocycles. The Labute approximate surface area is 145 Å². The van der Waals surface area contributed by atoms with Crippen LogP contribution in [0, 0.1) is 17.0 Å². The van der Waals surface area contributed by atoms with Crippen LogP contribution >= 0.6 is 0 Å². The summed E-state index contributed by atoms with van der Waals surface area (Å²) >= 11 is 0. The lowest BCUT2D eigenvalue weighted by atomic mass is 10.1. The van der Waals surface area contributed by atoms with Gasteiger partial charge >= 0.3 is 0 Å². The van der Waals surface area contributed by atoms with Gasteiger partial charge in [-0.05, 0) is 38.0 Å². The summed E-state index contributed by atoms with van der Waals surface area (Å²) < 4.78 is 11.0. The van der Waals surface area contributed by atoms with E-state index in [0.717, 1.165) is 12.8 Å². The number of carbonyl (C=O) groups is 1. The van der Waals surface area contributed by atoms with E-state index in [9.17, 15) is 14.9 Å². The minimum Gasteiger partial charge on any atom is -0.467 e. The van der Waals surface area contributed by atoms with Crippen LogP contribution in [0.3, 0.4) is 0 Å². The van der Waals surface area contributed by atoms with Gasteiger partial charge in [0.25, 0.3) is 11.6 Å². The molecule has 0 N–H and O–H groups in total. The fraction of sp³-hybridized carbons (Fsp3) is 0.389. The Bertz CT molecular complexity index is 751. The smallest absolute Gasteiger partial charge is 0.273 e. The van der Waals surface area contributed by atoms with Crippen molar-refractivity contribution in [2.75, 3.05) is 13.2 Å². The third-order valence-electron chi connectivity index (χ3n) is 4.31. The van der Waals surface area contributed by atoms with Crippen LogP contribution in [0.1, 0.15) is 34.5 Å². The number of aryl methyl sites for hydroxylation is 1. The highest BCUT2D eigenvalue weighted by Crippen LogP contribution is 2.22. The zero-order valence-electron chi connectivity index (χ0n) is 14.0. The van der Waals surface area contributed by atoms with Gasteiger partial charge in [0, 0.05) is 30.3 Å². The lowest BCUT2D eigenvalue weighted by molar-refractivity contribution is -0.385. The Balaban J connectivity index is 1.84. The molecule has 25 heavy (non-hydrogen) atoms. The highest BCUT2D eigenvalue weighted by Gasteiger charge is 2.25. The molecule has 1 aromatic heterocycles. The Morgan fingerprint density at radius 2 is 2.24 bits per heavy atom. The molecule has 1 fully saturated rings. The van der Waals surface area contributed by atoms with Crippen LogP contribution in [-0.4, -0.2) is 35.0 Å². The highest BCUT2D eigenvalue weighted by molar-refractivity contribution is 5.95. The molecule has 1 aromatic carbocycles. The van der Waals surface area contributed by atoms with E-state index in [4.69, 9.17) is 9.15 Å². The monoisotopic (exact) mass is 344 g/mol. The third-order valence-corrected chi connectivity index (χ3v) is 4.31. The summed E-state index contributed by atoms with van der Waals surface area (Å²) in [7, 11) is 0. The molecule has 1 atom stereocenters. The number of benzene rings is 1. The second kappa shape index (κ2) is 7.48. The van der Waals surface area contributed by atoms with Gasteiger partial charge in [0.1, 0.15) is 5.76 Å². The van der Waals surface area contributed by atoms with E-state index in [1.54, 1.807) is 42.4 Å². The Kier molecular flexibility index (Phi) is 5.14. The molecule has 1 aliphatic heterocycles. The fourth-order valence-electron chi connectivity index (χ4n) is 2.97. The van der Waals surface area contributed by atoms with Gasteiger partial charge in [-0.15, -0.1) is 0 Å². The van der Waals surface area contributed by atoms with E-state index >= 15 is 0 Å². The van der Waals surface area contributed by atoms with Gasteiger partial charge < -0.3 is 14.1 Å². The molecule has 2 aromatic rings. The third kappa shape index (κ3) is 4.06. The van der Waals surface area contributed by atoms with E-state index in [2.05, 4.69) is 0 Å². The largest absolute Gasteiger partial charge is 0.467 e. The van der Waals surface area contributed by atoms with Gasteiger partial charge in [0.15, 0.2) is 0 Å². The van der Waals surface area contributed by atoms with Gasteiger partial charge in [-0.2, -0.15) is 0 Å². The first-order valence-corrected chi connectivity index (χ1v) is 8.23. The summed E-state index contributed by atoms with van der Waals surface area (Å²) in [4.78, 5) is 25.3. The van der Waals surface area contributed by atoms with Crippen LogP contribution in [-0.2, 0) is 11.3 Å². The molecule has 1 amide bonds. The number of amides is 1. The molecule has 2 heterocycles. The fourth-order valence-corrected chi connectivity index (χ4v) is 2.97. The first-order chi connectivity index (χ1) is 12.0. The zero-order valence-corrected chi connectivity index (χ0v) is 14.0. The van der Waals surface area contributed by atoms with Gasteiger partial charge in [-0.25, -0.2) is 0 Å². The number of ether oxygens (including phenoxy) is 1. The summed E-state index contributed by atoms with van der Waals surface area (Å²) in [6.45, 7) is 3.08. The van der Waals surface area contributed by atoms with Crippen LogP contribution in [0.4, 0.5) is 5.69 Å². The predicted octanol–water partition coefficient (Wildman–Crippen LogP) is 3.32. The normalized spacial score (nSPS) is 16.8. The number of hydrogen-bond donors (Lipinski definition) is 0. The summed E-state index contributed by atoms with van der Waals surface area (Å²) in [6.07, 6.45) is 3.42. The van der Waals surface area contributed by atoms with Crippen LogP contribution in [0.25, 0.3) is 0 Å². The zero-order chi connectivity index (χ0) is 17.8. The quantitative estimate of drug-likeness (QED) is 0.593. The van der Waals surface area contributed by atoms with Gasteiger partial charge in [-0.1, -0.05) is 6.07 Å². The Morgan fingerprint density at radius 3 is 2.88 bits per heavy atom. The van der Waals surface area contributed by atoms with Gasteiger partial charge in [0.2, 0.25) is 0 Å². The summed E-state index contributed by atoms with van der Waals surface area (Å²) in [5.41, 5.74) is 0.765. The molecular formula is C18H20N2O5. The lowest BCUT2D eigenvalue weighted by Crippen LogP contribution is -2.36. The Morgan fingerprint density at radius 1 is 1.40 bits per heavy atom. The molecule has 1 unspecified atom stereocenters. The maximum absolute atomic E-state index is 13.0. The first-order valence-electron chi connectivity index (χ1n) is 8.23. The SMILES string of the molecule is Cc1ccc(C(=O)N(Cc2ccco2)CC2CCCO2)cc1[N+](=O)[O-]. The molecule has 0 radical (unpaired) electrons. The van der Waals surface area contributed by atoms with Crippen LogP contribution < -0.4 is 0 Å². The molecule has 0 bridgehead atoms. The minimum absolute atomic E-state index is 0.0145. The van der Waals surface area contributed by atoms with Crippen molar-refractivity contribution < 1.29 is 18.9 Å². The Hall–Kier alpha value is -2.67. The second-order valence-corrected chi connectivity index (χ2v) is 6.16. The van der Waals surface area contributed by atoms with Crippen molar-refractivity contribution in [3.05, 3.63) is 63.6 Å². The molecular weight excluding hydrogens is 324 g/mol. The molecule has 7 nitrogen and oxygen atoms in total. The summed E-state index contributed by atoms with van der Waals surface area (Å²) in [6, 6.07) is 8.12. The van der Waals surface area contributed by atoms with Crippen molar-refractivity contribution in [1.82, 2.24) is 4.90 Å². The number of nitrogens with zero attached hydrogens (tertiary/aromatic N) is 2. The van der Waals surface area contributed by atoms with Crippen molar-refractivity contribution in [3.63, 3.8) is 0 Å². The maximum Gasteiger partial charge on any atom is 0.273 e. The standard InChI is InChI=1S/C18H20N2O5/c1-13-6-7-14(10-17(13)20(22)23)18(21)19(11-15-4-2-8-24-15)12-16-5-3-9-25-16/h2,4,6-8,10,16H,3,5,9,11-12H2,1H3. The minimum atomic E-state index is -0.469. The van der Waals surface area contributed by atoms with Crippen molar-refractivity contribution in [1.29, 1.82) is 0 Å². The molecule has 1 aliphatic rings. The van der Waals surface area contributed by atoms with E-state index in [1.165, 1.54) is 6.07 Å². The van der Waals surface area contributed by atoms with Crippen LogP contribution in [0.15, 0.2) is 41.0 Å². The van der Waals surface area contributed by atoms with Crippen LogP contribution in [0.5, 0.6) is 0 Å². The number of rotatable bonds is 6. The molecule has 3 rings (SSSR count). The average Bonchev–Trinajstić information content (AvgIpc) is 3.27. The number of nitro groups is 1. The number of carbonyl (C=O) groups excluding carboxylic acids is 1. The summed E-state index contributed by atoms with van der Waals surface area (Å²) in [5, 5.41) is 11.1. The predicted molar refractivity (Wildman–Crippen MR) is 90.3 cm³/mol. The molecule has 132 valence electrons. The highest BCUT2D eigenvalue weighted by atomic mass is 16.6. The second-order valence-electron chi connectivity index (χ2n) is 6.16. The average molecular weight is 344 g/mol. The number of nitro benzene ring substituents is 1. The topological polar surface area (TPSA) is 85.8 Å². The van der Waals surface area contributed by atoms with E-state index < -0.39 is 4.92 Å². The first kappa shape index (κ1) is 17.2. The van der Waals surface area contributed by atoms with E-state index in [0.29, 0.717) is 36.6 Å². The number of hydrogen-bond acceptors (Lipinski definition) is 5. The van der Waals surface area contributed by atoms with E-state index in [-0.39, 0.29) is 17.7 Å². The van der Waals surface area contributed by atoms with Crippen LogP contribution in [0.2, 0.25) is 0 Å². The van der Waals surface area contributed by atoms with Gasteiger partial charge in [-0.3, -0.25) is 14.9 Å². The molecule has 7 heteroatoms. The van der Waals surface area contributed by atoms with E-state index in [1.807, 2.05) is 0 Å². The van der Waals surface area contributed by atoms with Crippen molar-refractivity contribution in [2.24, 2.45) is 0 Å². The van der Waals surface area contributed by atoms with Gasteiger partial charge in [0.05, 0.1) is 23.8 Å². The molecule has 1 saturated heterocycles. The van der Waals surface area contributed by atoms with Crippen molar-refractivity contribution in [3.8, 4) is 0 Å². The maximum atomic E-state index is 13.0. The molecule has 0 aliphatic carbocycles. The van der Waals surface area contributed by atoms with Crippen molar-refractivity contribution in [2.45, 2.75) is 32.4 Å². The summed E-state index contributed by atoms with van der Waals surface area (Å²) in [5.74, 6) is 0.392. The lowest BCUT2D eigenvalue weighted by Gasteiger charge is -2.24. The number of furan rings is 1. The van der Waals surface area contributed by atoms with Crippen molar-refractivity contribution >= 4 is 11.6 Å². The molecule has 0 spiro atoms.